The highest BCUT2D eigenvalue weighted by atomic mass is 32.2. The molecule has 0 fully saturated rings. The van der Waals surface area contributed by atoms with E-state index in [1.54, 1.807) is 11.5 Å². The zero-order chi connectivity index (χ0) is 17.1. The monoisotopic (exact) mass is 347 g/mol. The molecule has 9 nitrogen and oxygen atoms in total. The van der Waals surface area contributed by atoms with Crippen molar-refractivity contribution in [3.05, 3.63) is 40.2 Å². The Hall–Kier alpha value is -2.75. The van der Waals surface area contributed by atoms with Crippen LogP contribution < -0.4 is 10.9 Å². The Morgan fingerprint density at radius 1 is 1.33 bits per heavy atom. The fraction of sp³-hybridized carbons (Fsp3) is 0.286. The second kappa shape index (κ2) is 6.79. The molecule has 0 saturated heterocycles. The van der Waals surface area contributed by atoms with Gasteiger partial charge in [0.1, 0.15) is 11.8 Å². The number of imide groups is 1. The van der Waals surface area contributed by atoms with Gasteiger partial charge >= 0.3 is 6.03 Å². The second-order valence-electron chi connectivity index (χ2n) is 5.00. The highest BCUT2D eigenvalue weighted by Gasteiger charge is 2.38. The van der Waals surface area contributed by atoms with Crippen LogP contribution in [0.5, 0.6) is 0 Å². The quantitative estimate of drug-likeness (QED) is 0.760. The van der Waals surface area contributed by atoms with Crippen LogP contribution in [0.15, 0.2) is 39.6 Å². The van der Waals surface area contributed by atoms with Gasteiger partial charge < -0.3 is 5.32 Å². The van der Waals surface area contributed by atoms with Gasteiger partial charge in [-0.25, -0.2) is 9.48 Å². The van der Waals surface area contributed by atoms with Crippen LogP contribution in [0, 0.1) is 0 Å². The molecule has 124 valence electrons. The van der Waals surface area contributed by atoms with Gasteiger partial charge in [-0.05, 0) is 17.6 Å². The molecule has 1 aromatic rings. The van der Waals surface area contributed by atoms with Gasteiger partial charge in [0.2, 0.25) is 11.8 Å². The summed E-state index contributed by atoms with van der Waals surface area (Å²) in [6, 6.07) is 2.15. The van der Waals surface area contributed by atoms with E-state index in [2.05, 4.69) is 15.4 Å². The van der Waals surface area contributed by atoms with Gasteiger partial charge in [0.05, 0.1) is 5.71 Å². The van der Waals surface area contributed by atoms with Gasteiger partial charge in [-0.15, -0.1) is 11.8 Å². The first-order valence-electron chi connectivity index (χ1n) is 7.11. The maximum atomic E-state index is 12.2. The van der Waals surface area contributed by atoms with Gasteiger partial charge in [-0.2, -0.15) is 10.1 Å². The molecular weight excluding hydrogens is 334 g/mol. The third-order valence-electron chi connectivity index (χ3n) is 3.40. The molecule has 0 radical (unpaired) electrons. The minimum atomic E-state index is -0.631. The number of nitrogens with one attached hydrogen (secondary N) is 1. The highest BCUT2D eigenvalue weighted by molar-refractivity contribution is 8.04. The lowest BCUT2D eigenvalue weighted by Gasteiger charge is -2.25. The van der Waals surface area contributed by atoms with Gasteiger partial charge in [-0.3, -0.25) is 19.3 Å². The molecule has 0 bridgehead atoms. The summed E-state index contributed by atoms with van der Waals surface area (Å²) >= 11 is 1.29. The molecule has 2 aliphatic heterocycles. The van der Waals surface area contributed by atoms with Crippen LogP contribution in [0.25, 0.3) is 0 Å². The van der Waals surface area contributed by atoms with E-state index in [0.717, 1.165) is 9.58 Å². The molecule has 0 spiro atoms. The zero-order valence-electron chi connectivity index (χ0n) is 12.4. The number of carbonyl (C=O) groups excluding carboxylic acids is 3. The van der Waals surface area contributed by atoms with Crippen molar-refractivity contribution < 1.29 is 14.4 Å². The summed E-state index contributed by atoms with van der Waals surface area (Å²) in [5, 5.41) is 7.57. The number of nitrogens with zero attached hydrogens (tertiary/aromatic N) is 4. The number of aromatic nitrogens is 2. The third kappa shape index (κ3) is 3.27. The van der Waals surface area contributed by atoms with Crippen LogP contribution in [0.2, 0.25) is 0 Å². The van der Waals surface area contributed by atoms with E-state index in [-0.39, 0.29) is 31.1 Å². The van der Waals surface area contributed by atoms with Crippen molar-refractivity contribution in [1.82, 2.24) is 20.0 Å². The van der Waals surface area contributed by atoms with Gasteiger partial charge in [0.15, 0.2) is 0 Å². The van der Waals surface area contributed by atoms with Crippen molar-refractivity contribution in [3.63, 3.8) is 0 Å². The molecule has 1 atom stereocenters. The van der Waals surface area contributed by atoms with Crippen molar-refractivity contribution in [3.8, 4) is 0 Å². The molecule has 3 heterocycles. The lowest BCUT2D eigenvalue weighted by molar-refractivity contribution is -0.127. The van der Waals surface area contributed by atoms with E-state index in [4.69, 9.17) is 0 Å². The first kappa shape index (κ1) is 16.1. The Morgan fingerprint density at radius 2 is 2.17 bits per heavy atom. The predicted octanol–water partition coefficient (Wildman–Crippen LogP) is -0.608. The first-order chi connectivity index (χ1) is 11.6. The number of hydrogen-bond acceptors (Lipinski definition) is 6. The minimum absolute atomic E-state index is 0.0222. The van der Waals surface area contributed by atoms with Crippen LogP contribution >= 0.6 is 11.8 Å². The fourth-order valence-corrected chi connectivity index (χ4v) is 3.13. The van der Waals surface area contributed by atoms with Crippen molar-refractivity contribution in [2.24, 2.45) is 4.99 Å². The van der Waals surface area contributed by atoms with E-state index >= 15 is 0 Å². The summed E-state index contributed by atoms with van der Waals surface area (Å²) in [6.07, 6.45) is 3.05. The Bertz CT molecular complexity index is 815. The smallest absolute Gasteiger partial charge is 0.350 e. The van der Waals surface area contributed by atoms with E-state index in [9.17, 15) is 19.2 Å². The molecule has 1 N–H and O–H groups in total. The number of hydrogen-bond donors (Lipinski definition) is 1. The van der Waals surface area contributed by atoms with Gasteiger partial charge in [0, 0.05) is 25.4 Å². The molecule has 3 rings (SSSR count). The van der Waals surface area contributed by atoms with Gasteiger partial charge in [0.25, 0.3) is 5.56 Å². The SMILES string of the molecule is O=C(Cn1ncccc1=O)NCCN1C(=O)N=C2C=CSC2C1=O. The molecule has 0 aromatic carbocycles. The number of rotatable bonds is 5. The number of amides is 4. The van der Waals surface area contributed by atoms with Crippen molar-refractivity contribution >= 4 is 35.3 Å². The topological polar surface area (TPSA) is 114 Å². The van der Waals surface area contributed by atoms with E-state index in [1.165, 1.54) is 30.1 Å². The minimum Gasteiger partial charge on any atom is -0.353 e. The number of aliphatic imine (C=N–C) groups is 1. The lowest BCUT2D eigenvalue weighted by Crippen LogP contribution is -2.49. The maximum absolute atomic E-state index is 12.2. The molecule has 0 aliphatic carbocycles. The summed E-state index contributed by atoms with van der Waals surface area (Å²) in [5.41, 5.74) is 0.0754. The van der Waals surface area contributed by atoms with Crippen LogP contribution in [0.4, 0.5) is 4.79 Å². The average Bonchev–Trinajstić information content (AvgIpc) is 3.01. The Balaban J connectivity index is 1.52. The molecule has 2 aliphatic rings. The molecule has 1 aromatic heterocycles. The lowest BCUT2D eigenvalue weighted by atomic mass is 10.2. The maximum Gasteiger partial charge on any atom is 0.350 e. The molecule has 1 unspecified atom stereocenters. The molecule has 0 saturated carbocycles. The zero-order valence-corrected chi connectivity index (χ0v) is 13.2. The van der Waals surface area contributed by atoms with Crippen molar-refractivity contribution in [2.45, 2.75) is 11.8 Å². The number of fused-ring (bicyclic) bond motifs is 1. The summed E-state index contributed by atoms with van der Waals surface area (Å²) in [6.45, 7) is -0.131. The second-order valence-corrected chi connectivity index (χ2v) is 6.01. The first-order valence-corrected chi connectivity index (χ1v) is 8.05. The standard InChI is InChI=1S/C14H13N5O4S/c20-10(8-19-11(21)2-1-4-16-19)15-5-6-18-13(22)12-9(3-7-24-12)17-14(18)23/h1-4,7,12H,5-6,8H2,(H,15,20). The Kier molecular flexibility index (Phi) is 4.56. The molecule has 4 amide bonds. The van der Waals surface area contributed by atoms with Gasteiger partial charge in [-0.1, -0.05) is 0 Å². The van der Waals surface area contributed by atoms with Crippen LogP contribution in [-0.4, -0.2) is 56.6 Å². The summed E-state index contributed by atoms with van der Waals surface area (Å²) in [7, 11) is 0. The number of urea groups is 1. The van der Waals surface area contributed by atoms with E-state index in [1.807, 2.05) is 0 Å². The highest BCUT2D eigenvalue weighted by Crippen LogP contribution is 2.27. The summed E-state index contributed by atoms with van der Waals surface area (Å²) in [4.78, 5) is 52.2. The number of carbonyl (C=O) groups is 3. The van der Waals surface area contributed by atoms with Crippen LogP contribution in [0.3, 0.4) is 0 Å². The molecular formula is C14H13N5O4S. The van der Waals surface area contributed by atoms with Crippen molar-refractivity contribution in [1.29, 1.82) is 0 Å². The largest absolute Gasteiger partial charge is 0.353 e. The molecule has 24 heavy (non-hydrogen) atoms. The summed E-state index contributed by atoms with van der Waals surface area (Å²) < 4.78 is 1.02. The number of allylic oxidation sites excluding steroid dienone is 1. The van der Waals surface area contributed by atoms with E-state index in [0.29, 0.717) is 5.71 Å². The predicted molar refractivity (Wildman–Crippen MR) is 86.6 cm³/mol. The Labute approximate surface area is 140 Å². The Morgan fingerprint density at radius 3 is 2.96 bits per heavy atom. The normalized spacial score (nSPS) is 19.2. The average molecular weight is 347 g/mol. The third-order valence-corrected chi connectivity index (χ3v) is 4.41. The fourth-order valence-electron chi connectivity index (χ4n) is 2.24. The number of thioether (sulfide) groups is 1. The van der Waals surface area contributed by atoms with E-state index < -0.39 is 17.2 Å². The molecule has 10 heteroatoms. The van der Waals surface area contributed by atoms with Crippen molar-refractivity contribution in [2.75, 3.05) is 13.1 Å². The van der Waals surface area contributed by atoms with Crippen LogP contribution in [-0.2, 0) is 16.1 Å². The summed E-state index contributed by atoms with van der Waals surface area (Å²) in [5.74, 6) is -0.774. The van der Waals surface area contributed by atoms with Crippen LogP contribution in [0.1, 0.15) is 0 Å².